The monoisotopic (exact) mass is 832 g/mol. The first kappa shape index (κ1) is 33.7. The lowest BCUT2D eigenvalue weighted by molar-refractivity contribution is -0.125. The zero-order valence-corrected chi connectivity index (χ0v) is 28.4. The summed E-state index contributed by atoms with van der Waals surface area (Å²) in [4.78, 5) is 51.8. The molecule has 0 bridgehead atoms. The highest BCUT2D eigenvalue weighted by atomic mass is 127. The van der Waals surface area contributed by atoms with Gasteiger partial charge < -0.3 is 9.84 Å². The number of allylic oxidation sites excluding steroid dienone is 2. The number of alkyl halides is 2. The fourth-order valence-corrected chi connectivity index (χ4v) is 8.97. The van der Waals surface area contributed by atoms with Crippen molar-refractivity contribution in [1.82, 2.24) is 0 Å². The van der Waals surface area contributed by atoms with E-state index in [-0.39, 0.29) is 33.9 Å². The smallest absolute Gasteiger partial charge is 0.258 e. The van der Waals surface area contributed by atoms with E-state index in [0.717, 1.165) is 14.5 Å². The molecule has 4 amide bonds. The molecule has 0 radical (unpaired) electrons. The van der Waals surface area contributed by atoms with E-state index < -0.39 is 104 Å². The predicted molar refractivity (Wildman–Crippen MR) is 173 cm³/mol. The molecule has 254 valence electrons. The molecule has 4 aliphatic rings. The molecule has 1 saturated carbocycles. The summed E-state index contributed by atoms with van der Waals surface area (Å²) in [5, 5.41) is 10.7. The van der Waals surface area contributed by atoms with Crippen molar-refractivity contribution in [2.45, 2.75) is 28.5 Å². The number of nitrogens with zero attached hydrogens (tertiary/aromatic N) is 2. The van der Waals surface area contributed by atoms with Crippen LogP contribution in [0, 0.1) is 50.4 Å². The van der Waals surface area contributed by atoms with Crippen LogP contribution in [0.1, 0.15) is 24.3 Å². The van der Waals surface area contributed by atoms with Crippen molar-refractivity contribution >= 4 is 80.8 Å². The summed E-state index contributed by atoms with van der Waals surface area (Å²) in [6.07, 6.45) is 0.909. The third-order valence-electron chi connectivity index (χ3n) is 9.84. The van der Waals surface area contributed by atoms with Gasteiger partial charge in [0, 0.05) is 9.49 Å². The minimum Gasteiger partial charge on any atom is -0.504 e. The van der Waals surface area contributed by atoms with Crippen molar-refractivity contribution in [3.05, 3.63) is 92.3 Å². The van der Waals surface area contributed by atoms with E-state index in [1.165, 1.54) is 19.2 Å². The van der Waals surface area contributed by atoms with E-state index in [0.29, 0.717) is 0 Å². The summed E-state index contributed by atoms with van der Waals surface area (Å²) < 4.78 is 79.1. The minimum absolute atomic E-state index is 0.00357. The number of hydrogen-bond donors (Lipinski definition) is 1. The lowest BCUT2D eigenvalue weighted by Crippen LogP contribution is -2.60. The number of halogens is 8. The van der Waals surface area contributed by atoms with Crippen LogP contribution in [0.2, 0.25) is 0 Å². The number of imide groups is 2. The zero-order chi connectivity index (χ0) is 35.5. The molecule has 2 aliphatic heterocycles. The standard InChI is InChI=1S/C33H20Cl2F5IN2O6/c1-49-19-9-2-12(10-18(19)44)21-15-7-8-16-20(29(46)42(28(16)45)14-5-3-13(41)4-6-14)17(15)11-32(34)30(47)43(31(48)33(21,32)35)27-25(39)23(37)22(36)24(38)26(27)40/h2-7,9-10,16-17,20-21,44H,8,11H2,1H3/t16-,17+,20-,21-,32+,33-/m0/s1. The number of anilines is 2. The van der Waals surface area contributed by atoms with Gasteiger partial charge in [-0.25, -0.2) is 26.9 Å². The topological polar surface area (TPSA) is 104 Å². The molecule has 3 fully saturated rings. The number of rotatable bonds is 4. The number of benzene rings is 3. The third-order valence-corrected chi connectivity index (χ3v) is 12.0. The average molecular weight is 833 g/mol. The number of phenolic OH excluding ortho intramolecular Hbond substituents is 1. The van der Waals surface area contributed by atoms with E-state index in [1.807, 2.05) is 0 Å². The summed E-state index contributed by atoms with van der Waals surface area (Å²) in [5.74, 6) is -21.8. The molecule has 6 atom stereocenters. The molecule has 8 nitrogen and oxygen atoms in total. The van der Waals surface area contributed by atoms with Gasteiger partial charge in [-0.3, -0.25) is 24.1 Å². The normalized spacial score (nSPS) is 29.2. The molecule has 16 heteroatoms. The summed E-state index contributed by atoms with van der Waals surface area (Å²) in [7, 11) is 1.27. The van der Waals surface area contributed by atoms with Gasteiger partial charge in [0.15, 0.2) is 44.5 Å². The molecule has 0 aromatic heterocycles. The highest BCUT2D eigenvalue weighted by Crippen LogP contribution is 2.66. The van der Waals surface area contributed by atoms with Crippen molar-refractivity contribution in [3.8, 4) is 11.5 Å². The Kier molecular flexibility index (Phi) is 7.83. The van der Waals surface area contributed by atoms with Crippen LogP contribution >= 0.6 is 45.8 Å². The molecular formula is C33H20Cl2F5IN2O6. The summed E-state index contributed by atoms with van der Waals surface area (Å²) >= 11 is 16.3. The number of carbonyl (C=O) groups excluding carboxylic acids is 4. The molecule has 7 rings (SSSR count). The van der Waals surface area contributed by atoms with E-state index >= 15 is 8.78 Å². The number of hydrogen-bond acceptors (Lipinski definition) is 6. The van der Waals surface area contributed by atoms with Gasteiger partial charge in [0.25, 0.3) is 11.8 Å². The van der Waals surface area contributed by atoms with E-state index in [2.05, 4.69) is 22.6 Å². The number of amides is 4. The zero-order valence-electron chi connectivity index (χ0n) is 24.7. The lowest BCUT2D eigenvalue weighted by atomic mass is 9.56. The number of carbonyl (C=O) groups is 4. The highest BCUT2D eigenvalue weighted by molar-refractivity contribution is 14.1. The van der Waals surface area contributed by atoms with Gasteiger partial charge in [-0.15, -0.1) is 23.2 Å². The molecular weight excluding hydrogens is 813 g/mol. The Labute approximate surface area is 297 Å². The van der Waals surface area contributed by atoms with Crippen molar-refractivity contribution in [2.75, 3.05) is 16.9 Å². The molecule has 49 heavy (non-hydrogen) atoms. The van der Waals surface area contributed by atoms with Crippen molar-refractivity contribution in [3.63, 3.8) is 0 Å². The molecule has 0 unspecified atom stereocenters. The largest absolute Gasteiger partial charge is 0.504 e. The number of fused-ring (bicyclic) bond motifs is 4. The maximum Gasteiger partial charge on any atom is 0.258 e. The maximum atomic E-state index is 15.2. The van der Waals surface area contributed by atoms with Crippen LogP contribution in [0.3, 0.4) is 0 Å². The Hall–Kier alpha value is -3.76. The van der Waals surface area contributed by atoms with Crippen LogP contribution in [0.25, 0.3) is 0 Å². The van der Waals surface area contributed by atoms with Crippen LogP contribution in [0.5, 0.6) is 11.5 Å². The van der Waals surface area contributed by atoms with Gasteiger partial charge in [0.05, 0.1) is 24.6 Å². The molecule has 0 spiro atoms. The fraction of sp³-hybridized carbons (Fsp3) is 0.273. The van der Waals surface area contributed by atoms with Gasteiger partial charge in [0.1, 0.15) is 5.69 Å². The van der Waals surface area contributed by atoms with Crippen LogP contribution < -0.4 is 14.5 Å². The quantitative estimate of drug-likeness (QED) is 0.0616. The highest BCUT2D eigenvalue weighted by Gasteiger charge is 2.77. The first-order chi connectivity index (χ1) is 23.1. The van der Waals surface area contributed by atoms with Crippen molar-refractivity contribution < 1.29 is 51.0 Å². The lowest BCUT2D eigenvalue weighted by Gasteiger charge is -2.50. The Morgan fingerprint density at radius 2 is 1.45 bits per heavy atom. The van der Waals surface area contributed by atoms with Crippen LogP contribution in [-0.2, 0) is 19.2 Å². The number of methoxy groups -OCH3 is 1. The van der Waals surface area contributed by atoms with E-state index in [9.17, 15) is 37.5 Å². The number of aromatic hydroxyl groups is 1. The van der Waals surface area contributed by atoms with Crippen molar-refractivity contribution in [2.24, 2.45) is 17.8 Å². The first-order valence-corrected chi connectivity index (χ1v) is 16.4. The van der Waals surface area contributed by atoms with Gasteiger partial charge in [-0.05, 0) is 83.3 Å². The fourth-order valence-electron chi connectivity index (χ4n) is 7.67. The molecule has 2 heterocycles. The molecule has 1 N–H and O–H groups in total. The second kappa shape index (κ2) is 11.4. The summed E-state index contributed by atoms with van der Waals surface area (Å²) in [5.41, 5.74) is -1.29. The maximum absolute atomic E-state index is 15.2. The second-order valence-corrected chi connectivity index (χ2v) is 14.6. The second-order valence-electron chi connectivity index (χ2n) is 12.1. The van der Waals surface area contributed by atoms with Gasteiger partial charge in [-0.2, -0.15) is 0 Å². The Bertz CT molecular complexity index is 2040. The average Bonchev–Trinajstić information content (AvgIpc) is 3.41. The minimum atomic E-state index is -2.70. The summed E-state index contributed by atoms with van der Waals surface area (Å²) in [6.45, 7) is 0. The predicted octanol–water partition coefficient (Wildman–Crippen LogP) is 6.47. The third kappa shape index (κ3) is 4.38. The van der Waals surface area contributed by atoms with E-state index in [1.54, 1.807) is 30.3 Å². The summed E-state index contributed by atoms with van der Waals surface area (Å²) in [6, 6.07) is 10.4. The van der Waals surface area contributed by atoms with Gasteiger partial charge in [0.2, 0.25) is 17.6 Å². The molecule has 2 aliphatic carbocycles. The molecule has 2 saturated heterocycles. The number of ether oxygens (including phenoxy) is 1. The first-order valence-electron chi connectivity index (χ1n) is 14.6. The van der Waals surface area contributed by atoms with Gasteiger partial charge >= 0.3 is 0 Å². The number of phenols is 1. The molecule has 3 aromatic carbocycles. The Balaban J connectivity index is 1.43. The molecule has 3 aromatic rings. The SMILES string of the molecule is COc1ccc([C@H]2C3=CC[C@@H]4C(=O)N(c5ccc(I)cc5)C(=O)[C@@H]4[C@@H]3C[C@@]3(Cl)C(=O)N(c4c(F)c(F)c(F)c(F)c4F)C(=O)[C@@]23Cl)cc1O. The van der Waals surface area contributed by atoms with Crippen LogP contribution in [0.15, 0.2) is 54.1 Å². The van der Waals surface area contributed by atoms with Gasteiger partial charge in [-0.1, -0.05) is 17.7 Å². The van der Waals surface area contributed by atoms with Crippen LogP contribution in [0.4, 0.5) is 33.3 Å². The Morgan fingerprint density at radius 3 is 2.04 bits per heavy atom. The van der Waals surface area contributed by atoms with Crippen molar-refractivity contribution in [1.29, 1.82) is 0 Å². The Morgan fingerprint density at radius 1 is 0.837 bits per heavy atom. The van der Waals surface area contributed by atoms with E-state index in [4.69, 9.17) is 27.9 Å². The van der Waals surface area contributed by atoms with Crippen LogP contribution in [-0.4, -0.2) is 45.6 Å².